The first-order valence-electron chi connectivity index (χ1n) is 4.86. The van der Waals surface area contributed by atoms with Gasteiger partial charge < -0.3 is 10.8 Å². The quantitative estimate of drug-likeness (QED) is 0.713. The molecule has 0 heterocycles. The summed E-state index contributed by atoms with van der Waals surface area (Å²) in [4.78, 5) is 11.0. The lowest BCUT2D eigenvalue weighted by atomic mass is 10.0. The number of para-hydroxylation sites is 1. The first-order chi connectivity index (χ1) is 7.34. The van der Waals surface area contributed by atoms with Gasteiger partial charge in [0.1, 0.15) is 0 Å². The Kier molecular flexibility index (Phi) is 3.49. The molecule has 16 heavy (non-hydrogen) atoms. The minimum atomic E-state index is -0.904. The molecule has 0 saturated heterocycles. The first kappa shape index (κ1) is 12.4. The van der Waals surface area contributed by atoms with Gasteiger partial charge in [0.25, 0.3) is 0 Å². The Balaban J connectivity index is 2.76. The molecule has 1 aromatic rings. The molecule has 4 nitrogen and oxygen atoms in total. The summed E-state index contributed by atoms with van der Waals surface area (Å²) in [6, 6.07) is 4.23. The highest BCUT2D eigenvalue weighted by Crippen LogP contribution is 2.20. The molecule has 0 saturated carbocycles. The van der Waals surface area contributed by atoms with Crippen LogP contribution in [0.1, 0.15) is 19.4 Å². The van der Waals surface area contributed by atoms with Gasteiger partial charge in [0.15, 0.2) is 11.6 Å². The van der Waals surface area contributed by atoms with Crippen molar-refractivity contribution in [2.24, 2.45) is 5.73 Å². The smallest absolute Gasteiger partial charge is 0.237 e. The molecule has 0 aliphatic carbocycles. The van der Waals surface area contributed by atoms with Crippen LogP contribution in [-0.2, 0) is 11.3 Å². The summed E-state index contributed by atoms with van der Waals surface area (Å²) in [5, 5.41) is 12.2. The van der Waals surface area contributed by atoms with Gasteiger partial charge in [-0.3, -0.25) is 10.1 Å². The molecule has 0 aliphatic heterocycles. The number of aromatic hydroxyl groups is 1. The number of rotatable bonds is 4. The van der Waals surface area contributed by atoms with E-state index in [1.54, 1.807) is 19.9 Å². The van der Waals surface area contributed by atoms with E-state index in [1.807, 2.05) is 0 Å². The van der Waals surface area contributed by atoms with Crippen LogP contribution in [0.25, 0.3) is 0 Å². The number of hydrogen-bond acceptors (Lipinski definition) is 3. The molecule has 0 atom stereocenters. The molecule has 0 bridgehead atoms. The molecule has 0 spiro atoms. The minimum Gasteiger partial charge on any atom is -0.505 e. The highest BCUT2D eigenvalue weighted by atomic mass is 19.1. The molecule has 1 amide bonds. The number of primary amides is 1. The van der Waals surface area contributed by atoms with Gasteiger partial charge in [0.2, 0.25) is 5.91 Å². The van der Waals surface area contributed by atoms with E-state index in [0.717, 1.165) is 6.07 Å². The molecule has 1 rings (SSSR count). The topological polar surface area (TPSA) is 75.3 Å². The number of benzene rings is 1. The number of nitrogens with one attached hydrogen (secondary N) is 1. The SMILES string of the molecule is CC(C)(NCc1cccc(F)c1O)C(N)=O. The zero-order valence-electron chi connectivity index (χ0n) is 9.25. The summed E-state index contributed by atoms with van der Waals surface area (Å²) < 4.78 is 13.0. The predicted octanol–water partition coefficient (Wildman–Crippen LogP) is 0.885. The standard InChI is InChI=1S/C11H15FN2O2/c1-11(2,10(13)16)14-6-7-4-3-5-8(12)9(7)15/h3-5,14-15H,6H2,1-2H3,(H2,13,16). The van der Waals surface area contributed by atoms with Gasteiger partial charge in [-0.05, 0) is 19.9 Å². The van der Waals surface area contributed by atoms with Crippen LogP contribution in [0.3, 0.4) is 0 Å². The van der Waals surface area contributed by atoms with E-state index >= 15 is 0 Å². The Morgan fingerprint density at radius 3 is 2.75 bits per heavy atom. The van der Waals surface area contributed by atoms with Gasteiger partial charge in [-0.25, -0.2) is 4.39 Å². The third-order valence-electron chi connectivity index (χ3n) is 2.41. The van der Waals surface area contributed by atoms with Crippen LogP contribution < -0.4 is 11.1 Å². The predicted molar refractivity (Wildman–Crippen MR) is 58.2 cm³/mol. The fraction of sp³-hybridized carbons (Fsp3) is 0.364. The zero-order chi connectivity index (χ0) is 12.3. The van der Waals surface area contributed by atoms with Crippen molar-refractivity contribution >= 4 is 5.91 Å². The van der Waals surface area contributed by atoms with Crippen LogP contribution in [-0.4, -0.2) is 16.6 Å². The maximum absolute atomic E-state index is 13.0. The maximum Gasteiger partial charge on any atom is 0.237 e. The Labute approximate surface area is 93.3 Å². The summed E-state index contributed by atoms with van der Waals surface area (Å²) in [5.74, 6) is -1.60. The molecular weight excluding hydrogens is 211 g/mol. The van der Waals surface area contributed by atoms with Crippen LogP contribution in [0.4, 0.5) is 4.39 Å². The van der Waals surface area contributed by atoms with Crippen LogP contribution in [0.15, 0.2) is 18.2 Å². The second-order valence-electron chi connectivity index (χ2n) is 4.09. The molecule has 0 aromatic heterocycles. The summed E-state index contributed by atoms with van der Waals surface area (Å²) in [6.07, 6.45) is 0. The van der Waals surface area contributed by atoms with Crippen molar-refractivity contribution in [3.8, 4) is 5.75 Å². The van der Waals surface area contributed by atoms with Crippen LogP contribution in [0.5, 0.6) is 5.75 Å². The number of carbonyl (C=O) groups excluding carboxylic acids is 1. The normalized spacial score (nSPS) is 11.4. The van der Waals surface area contributed by atoms with Gasteiger partial charge >= 0.3 is 0 Å². The number of amides is 1. The van der Waals surface area contributed by atoms with E-state index in [0.29, 0.717) is 5.56 Å². The zero-order valence-corrected chi connectivity index (χ0v) is 9.25. The van der Waals surface area contributed by atoms with Gasteiger partial charge in [0.05, 0.1) is 5.54 Å². The Morgan fingerprint density at radius 2 is 2.19 bits per heavy atom. The molecule has 88 valence electrons. The summed E-state index contributed by atoms with van der Waals surface area (Å²) in [7, 11) is 0. The number of carbonyl (C=O) groups is 1. The minimum absolute atomic E-state index is 0.166. The van der Waals surface area contributed by atoms with Gasteiger partial charge in [0, 0.05) is 12.1 Å². The molecule has 0 aliphatic rings. The third kappa shape index (κ3) is 2.70. The maximum atomic E-state index is 13.0. The van der Waals surface area contributed by atoms with Crippen molar-refractivity contribution < 1.29 is 14.3 Å². The van der Waals surface area contributed by atoms with E-state index in [4.69, 9.17) is 5.73 Å². The Morgan fingerprint density at radius 1 is 1.56 bits per heavy atom. The van der Waals surface area contributed by atoms with Crippen molar-refractivity contribution in [3.63, 3.8) is 0 Å². The van der Waals surface area contributed by atoms with E-state index < -0.39 is 23.0 Å². The lowest BCUT2D eigenvalue weighted by Gasteiger charge is -2.22. The summed E-state index contributed by atoms with van der Waals surface area (Å²) in [6.45, 7) is 3.40. The number of phenols is 1. The lowest BCUT2D eigenvalue weighted by Crippen LogP contribution is -2.50. The molecule has 5 heteroatoms. The second-order valence-corrected chi connectivity index (χ2v) is 4.09. The molecule has 0 fully saturated rings. The molecule has 4 N–H and O–H groups in total. The van der Waals surface area contributed by atoms with Crippen molar-refractivity contribution in [2.45, 2.75) is 25.9 Å². The second kappa shape index (κ2) is 4.49. The van der Waals surface area contributed by atoms with Crippen molar-refractivity contribution in [1.29, 1.82) is 0 Å². The fourth-order valence-electron chi connectivity index (χ4n) is 1.11. The van der Waals surface area contributed by atoms with E-state index in [9.17, 15) is 14.3 Å². The Bertz CT molecular complexity index is 405. The number of halogens is 1. The van der Waals surface area contributed by atoms with Gasteiger partial charge in [-0.1, -0.05) is 12.1 Å². The van der Waals surface area contributed by atoms with Crippen LogP contribution in [0, 0.1) is 5.82 Å². The average Bonchev–Trinajstić information content (AvgIpc) is 2.20. The first-order valence-corrected chi connectivity index (χ1v) is 4.86. The molecule has 0 unspecified atom stereocenters. The number of nitrogens with two attached hydrogens (primary N) is 1. The third-order valence-corrected chi connectivity index (χ3v) is 2.41. The molecule has 1 aromatic carbocycles. The number of phenolic OH excluding ortho intramolecular Hbond substituents is 1. The van der Waals surface area contributed by atoms with Crippen LogP contribution >= 0.6 is 0 Å². The van der Waals surface area contributed by atoms with E-state index in [-0.39, 0.29) is 6.54 Å². The van der Waals surface area contributed by atoms with Crippen molar-refractivity contribution in [3.05, 3.63) is 29.6 Å². The highest BCUT2D eigenvalue weighted by molar-refractivity contribution is 5.83. The summed E-state index contributed by atoms with van der Waals surface area (Å²) >= 11 is 0. The monoisotopic (exact) mass is 226 g/mol. The Hall–Kier alpha value is -1.62. The van der Waals surface area contributed by atoms with Crippen LogP contribution in [0.2, 0.25) is 0 Å². The average molecular weight is 226 g/mol. The van der Waals surface area contributed by atoms with Crippen molar-refractivity contribution in [1.82, 2.24) is 5.32 Å². The van der Waals surface area contributed by atoms with E-state index in [1.165, 1.54) is 6.07 Å². The number of hydrogen-bond donors (Lipinski definition) is 3. The molecule has 0 radical (unpaired) electrons. The fourth-order valence-corrected chi connectivity index (χ4v) is 1.11. The highest BCUT2D eigenvalue weighted by Gasteiger charge is 2.24. The van der Waals surface area contributed by atoms with Crippen molar-refractivity contribution in [2.75, 3.05) is 0 Å². The summed E-state index contributed by atoms with van der Waals surface area (Å²) in [5.41, 5.74) is 4.64. The molecular formula is C11H15FN2O2. The van der Waals surface area contributed by atoms with E-state index in [2.05, 4.69) is 5.32 Å². The van der Waals surface area contributed by atoms with Gasteiger partial charge in [-0.2, -0.15) is 0 Å². The largest absolute Gasteiger partial charge is 0.505 e. The lowest BCUT2D eigenvalue weighted by molar-refractivity contribution is -0.123. The van der Waals surface area contributed by atoms with Gasteiger partial charge in [-0.15, -0.1) is 0 Å².